The van der Waals surface area contributed by atoms with Gasteiger partial charge < -0.3 is 10.1 Å². The number of pyridine rings is 1. The predicted molar refractivity (Wildman–Crippen MR) is 91.1 cm³/mol. The van der Waals surface area contributed by atoms with Crippen LogP contribution < -0.4 is 5.32 Å². The van der Waals surface area contributed by atoms with Crippen LogP contribution in [0.2, 0.25) is 0 Å². The molecule has 0 bridgehead atoms. The van der Waals surface area contributed by atoms with E-state index in [9.17, 15) is 18.0 Å². The molecule has 4 rings (SSSR count). The van der Waals surface area contributed by atoms with E-state index in [0.29, 0.717) is 16.7 Å². The molecule has 0 aliphatic carbocycles. The molecule has 7 heteroatoms. The molecule has 0 saturated carbocycles. The minimum absolute atomic E-state index is 0.0883. The molecule has 2 heterocycles. The summed E-state index contributed by atoms with van der Waals surface area (Å²) >= 11 is 0. The molecule has 1 aliphatic rings. The van der Waals surface area contributed by atoms with Crippen molar-refractivity contribution in [1.82, 2.24) is 10.3 Å². The topological polar surface area (TPSA) is 51.2 Å². The lowest BCUT2D eigenvalue weighted by Crippen LogP contribution is -2.20. The number of nitrogens with zero attached hydrogens (tertiary/aromatic N) is 1. The molecule has 1 amide bonds. The van der Waals surface area contributed by atoms with Gasteiger partial charge in [0, 0.05) is 29.1 Å². The molecule has 1 saturated heterocycles. The van der Waals surface area contributed by atoms with Crippen LogP contribution in [0, 0.1) is 17.5 Å². The zero-order valence-electron chi connectivity index (χ0n) is 13.8. The van der Waals surface area contributed by atoms with Gasteiger partial charge in [-0.05, 0) is 23.8 Å². The normalized spacial score (nSPS) is 18.9. The van der Waals surface area contributed by atoms with E-state index in [0.717, 1.165) is 6.07 Å². The highest BCUT2D eigenvalue weighted by Crippen LogP contribution is 2.39. The van der Waals surface area contributed by atoms with Crippen molar-refractivity contribution in [3.8, 4) is 11.1 Å². The molecule has 1 aliphatic heterocycles. The van der Waals surface area contributed by atoms with Crippen LogP contribution in [0.1, 0.15) is 23.3 Å². The number of benzene rings is 2. The Morgan fingerprint density at radius 3 is 2.56 bits per heavy atom. The van der Waals surface area contributed by atoms with Crippen LogP contribution in [0.15, 0.2) is 60.9 Å². The van der Waals surface area contributed by atoms with Crippen molar-refractivity contribution in [2.75, 3.05) is 0 Å². The molecule has 4 nitrogen and oxygen atoms in total. The molecular weight excluding hydrogens is 357 g/mol. The molecule has 0 radical (unpaired) electrons. The Bertz CT molecular complexity index is 1030. The number of nitrogens with one attached hydrogen (secondary N) is 1. The Morgan fingerprint density at radius 2 is 1.74 bits per heavy atom. The average molecular weight is 370 g/mol. The molecule has 1 fully saturated rings. The summed E-state index contributed by atoms with van der Waals surface area (Å²) in [6.07, 6.45) is 1.11. The first-order valence-electron chi connectivity index (χ1n) is 8.15. The first-order valence-corrected chi connectivity index (χ1v) is 8.15. The zero-order chi connectivity index (χ0) is 19.0. The molecule has 1 aromatic heterocycles. The lowest BCUT2D eigenvalue weighted by molar-refractivity contribution is 0.129. The van der Waals surface area contributed by atoms with Crippen LogP contribution in [0.5, 0.6) is 0 Å². The first-order chi connectivity index (χ1) is 13.0. The maximum atomic E-state index is 14.2. The number of carbonyl (C=O) groups excluding carboxylic acids is 1. The Labute approximate surface area is 152 Å². The minimum atomic E-state index is -1.08. The van der Waals surface area contributed by atoms with Gasteiger partial charge in [-0.15, -0.1) is 0 Å². The number of halogens is 3. The van der Waals surface area contributed by atoms with Crippen LogP contribution in [-0.4, -0.2) is 11.1 Å². The summed E-state index contributed by atoms with van der Waals surface area (Å²) in [5.74, 6) is -2.54. The molecule has 136 valence electrons. The highest BCUT2D eigenvalue weighted by Gasteiger charge is 2.38. The Morgan fingerprint density at radius 1 is 0.963 bits per heavy atom. The molecule has 3 aromatic rings. The smallest absolute Gasteiger partial charge is 0.408 e. The van der Waals surface area contributed by atoms with E-state index in [4.69, 9.17) is 4.74 Å². The SMILES string of the molecule is O=C1N[C@H](c2cncc(-c3ccccc3F)c2)[C@@H](c2cccc(F)c2F)O1. The van der Waals surface area contributed by atoms with Crippen molar-refractivity contribution in [1.29, 1.82) is 0 Å². The van der Waals surface area contributed by atoms with Crippen LogP contribution >= 0.6 is 0 Å². The Balaban J connectivity index is 1.76. The molecule has 2 aromatic carbocycles. The van der Waals surface area contributed by atoms with Crippen LogP contribution in [-0.2, 0) is 4.74 Å². The van der Waals surface area contributed by atoms with Crippen molar-refractivity contribution in [2.24, 2.45) is 0 Å². The fourth-order valence-corrected chi connectivity index (χ4v) is 3.13. The van der Waals surface area contributed by atoms with Crippen molar-refractivity contribution < 1.29 is 22.7 Å². The van der Waals surface area contributed by atoms with E-state index in [1.165, 1.54) is 30.6 Å². The van der Waals surface area contributed by atoms with Gasteiger partial charge in [0.05, 0.1) is 0 Å². The highest BCUT2D eigenvalue weighted by atomic mass is 19.2. The average Bonchev–Trinajstić information content (AvgIpc) is 3.06. The Hall–Kier alpha value is -3.35. The van der Waals surface area contributed by atoms with E-state index in [1.807, 2.05) is 0 Å². The van der Waals surface area contributed by atoms with Crippen LogP contribution in [0.25, 0.3) is 11.1 Å². The van der Waals surface area contributed by atoms with Gasteiger partial charge in [0.1, 0.15) is 11.9 Å². The molecule has 27 heavy (non-hydrogen) atoms. The largest absolute Gasteiger partial charge is 0.439 e. The fraction of sp³-hybridized carbons (Fsp3) is 0.100. The summed E-state index contributed by atoms with van der Waals surface area (Å²) < 4.78 is 47.0. The monoisotopic (exact) mass is 370 g/mol. The number of alkyl carbamates (subject to hydrolysis) is 1. The highest BCUT2D eigenvalue weighted by molar-refractivity contribution is 5.72. The molecular formula is C20H13F3N2O2. The number of cyclic esters (lactones) is 1. The third-order valence-corrected chi connectivity index (χ3v) is 4.40. The van der Waals surface area contributed by atoms with Gasteiger partial charge in [-0.2, -0.15) is 0 Å². The van der Waals surface area contributed by atoms with E-state index in [-0.39, 0.29) is 5.56 Å². The van der Waals surface area contributed by atoms with E-state index >= 15 is 0 Å². The first kappa shape index (κ1) is 17.1. The van der Waals surface area contributed by atoms with Crippen molar-refractivity contribution >= 4 is 6.09 Å². The minimum Gasteiger partial charge on any atom is -0.439 e. The second-order valence-corrected chi connectivity index (χ2v) is 6.08. The second kappa shape index (κ2) is 6.75. The standard InChI is InChI=1S/C20H13F3N2O2/c21-15-6-2-1-4-13(15)11-8-12(10-24-9-11)18-19(27-20(26)25-18)14-5-3-7-16(22)17(14)23/h1-10,18-19H,(H,25,26)/t18-,19-/m1/s1. The summed E-state index contributed by atoms with van der Waals surface area (Å²) in [5.41, 5.74) is 1.22. The summed E-state index contributed by atoms with van der Waals surface area (Å²) in [7, 11) is 0. The van der Waals surface area contributed by atoms with Crippen LogP contribution in [0.3, 0.4) is 0 Å². The fourth-order valence-electron chi connectivity index (χ4n) is 3.13. The van der Waals surface area contributed by atoms with Crippen LogP contribution in [0.4, 0.5) is 18.0 Å². The van der Waals surface area contributed by atoms with Crippen molar-refractivity contribution in [3.63, 3.8) is 0 Å². The lowest BCUT2D eigenvalue weighted by Gasteiger charge is -2.18. The van der Waals surface area contributed by atoms with Gasteiger partial charge in [-0.1, -0.05) is 30.3 Å². The van der Waals surface area contributed by atoms with Gasteiger partial charge in [0.2, 0.25) is 0 Å². The number of hydrogen-bond donors (Lipinski definition) is 1. The van der Waals surface area contributed by atoms with E-state index in [1.54, 1.807) is 24.3 Å². The zero-order valence-corrected chi connectivity index (χ0v) is 13.8. The Kier molecular flexibility index (Phi) is 4.27. The van der Waals surface area contributed by atoms with E-state index in [2.05, 4.69) is 10.3 Å². The number of ether oxygens (including phenoxy) is 1. The number of hydrogen-bond acceptors (Lipinski definition) is 3. The second-order valence-electron chi connectivity index (χ2n) is 6.08. The van der Waals surface area contributed by atoms with Gasteiger partial charge in [-0.25, -0.2) is 18.0 Å². The number of aromatic nitrogens is 1. The number of rotatable bonds is 3. The molecule has 0 spiro atoms. The summed E-state index contributed by atoms with van der Waals surface area (Å²) in [6, 6.07) is 10.7. The summed E-state index contributed by atoms with van der Waals surface area (Å²) in [4.78, 5) is 15.9. The third kappa shape index (κ3) is 3.12. The summed E-state index contributed by atoms with van der Waals surface area (Å²) in [5, 5.41) is 2.57. The quantitative estimate of drug-likeness (QED) is 0.728. The maximum absolute atomic E-state index is 14.2. The molecule has 0 unspecified atom stereocenters. The molecule has 1 N–H and O–H groups in total. The third-order valence-electron chi connectivity index (χ3n) is 4.40. The number of carbonyl (C=O) groups is 1. The van der Waals surface area contributed by atoms with Crippen molar-refractivity contribution in [2.45, 2.75) is 12.1 Å². The van der Waals surface area contributed by atoms with Gasteiger partial charge in [0.25, 0.3) is 0 Å². The summed E-state index contributed by atoms with van der Waals surface area (Å²) in [6.45, 7) is 0. The number of amides is 1. The lowest BCUT2D eigenvalue weighted by atomic mass is 9.95. The molecule has 2 atom stereocenters. The van der Waals surface area contributed by atoms with Gasteiger partial charge >= 0.3 is 6.09 Å². The predicted octanol–water partition coefficient (Wildman–Crippen LogP) is 4.69. The van der Waals surface area contributed by atoms with Gasteiger partial charge in [-0.3, -0.25) is 4.98 Å². The van der Waals surface area contributed by atoms with Gasteiger partial charge in [0.15, 0.2) is 17.7 Å². The van der Waals surface area contributed by atoms with E-state index < -0.39 is 35.7 Å². The van der Waals surface area contributed by atoms with Crippen molar-refractivity contribution in [3.05, 3.63) is 89.5 Å². The maximum Gasteiger partial charge on any atom is 0.408 e.